The van der Waals surface area contributed by atoms with Crippen LogP contribution in [0.5, 0.6) is 5.75 Å². The highest BCUT2D eigenvalue weighted by Gasteiger charge is 2.18. The maximum Gasteiger partial charge on any atom is 0.116 e. The predicted octanol–water partition coefficient (Wildman–Crippen LogP) is 3.57. The van der Waals surface area contributed by atoms with Crippen LogP contribution in [0.3, 0.4) is 0 Å². The fourth-order valence-corrected chi connectivity index (χ4v) is 2.62. The molecule has 1 N–H and O–H groups in total. The van der Waals surface area contributed by atoms with E-state index in [1.165, 1.54) is 25.8 Å². The van der Waals surface area contributed by atoms with Crippen molar-refractivity contribution in [2.75, 3.05) is 0 Å². The van der Waals surface area contributed by atoms with Crippen LogP contribution in [0.2, 0.25) is 0 Å². The van der Waals surface area contributed by atoms with Gasteiger partial charge in [0.15, 0.2) is 0 Å². The van der Waals surface area contributed by atoms with E-state index in [0.29, 0.717) is 5.75 Å². The van der Waals surface area contributed by atoms with Gasteiger partial charge in [0.1, 0.15) is 5.75 Å². The van der Waals surface area contributed by atoms with Gasteiger partial charge in [-0.05, 0) is 75.5 Å². The summed E-state index contributed by atoms with van der Waals surface area (Å²) in [5, 5.41) is 9.49. The molecule has 15 heavy (non-hydrogen) atoms. The number of hydrogen-bond acceptors (Lipinski definition) is 1. The summed E-state index contributed by atoms with van der Waals surface area (Å²) in [5.74, 6) is 0.348. The first-order valence-corrected chi connectivity index (χ1v) is 5.92. The number of fused-ring (bicyclic) bond motifs is 3. The summed E-state index contributed by atoms with van der Waals surface area (Å²) in [7, 11) is 0. The van der Waals surface area contributed by atoms with Crippen LogP contribution < -0.4 is 0 Å². The van der Waals surface area contributed by atoms with Crippen LogP contribution >= 0.6 is 22.6 Å². The molecule has 0 radical (unpaired) electrons. The minimum atomic E-state index is 0.348. The van der Waals surface area contributed by atoms with Crippen LogP contribution in [-0.2, 0) is 6.42 Å². The second-order valence-electron chi connectivity index (χ2n) is 3.82. The third kappa shape index (κ3) is 1.44. The number of rotatable bonds is 0. The molecule has 2 aromatic carbocycles. The Bertz CT molecular complexity index is 497. The van der Waals surface area contributed by atoms with Crippen molar-refractivity contribution in [3.63, 3.8) is 0 Å². The van der Waals surface area contributed by atoms with E-state index in [4.69, 9.17) is 0 Å². The second kappa shape index (κ2) is 3.23. The van der Waals surface area contributed by atoms with Gasteiger partial charge in [0.05, 0.1) is 0 Å². The van der Waals surface area contributed by atoms with Gasteiger partial charge in [0.2, 0.25) is 0 Å². The zero-order valence-corrected chi connectivity index (χ0v) is 10.2. The highest BCUT2D eigenvalue weighted by Crippen LogP contribution is 2.38. The summed E-state index contributed by atoms with van der Waals surface area (Å²) in [6, 6.07) is 12.1. The minimum absolute atomic E-state index is 0.348. The normalized spacial score (nSPS) is 12.3. The molecule has 0 spiro atoms. The molecule has 0 aromatic heterocycles. The van der Waals surface area contributed by atoms with E-state index in [0.717, 1.165) is 6.42 Å². The van der Waals surface area contributed by atoms with Crippen molar-refractivity contribution in [3.05, 3.63) is 51.1 Å². The van der Waals surface area contributed by atoms with Crippen molar-refractivity contribution < 1.29 is 5.11 Å². The molecule has 0 amide bonds. The topological polar surface area (TPSA) is 20.2 Å². The quantitative estimate of drug-likeness (QED) is 0.630. The molecule has 1 nitrogen and oxygen atoms in total. The van der Waals surface area contributed by atoms with Crippen LogP contribution in [0.1, 0.15) is 11.1 Å². The molecule has 0 bridgehead atoms. The number of aromatic hydroxyl groups is 1. The van der Waals surface area contributed by atoms with E-state index < -0.39 is 0 Å². The summed E-state index contributed by atoms with van der Waals surface area (Å²) in [6.45, 7) is 0. The lowest BCUT2D eigenvalue weighted by Crippen LogP contribution is -1.79. The SMILES string of the molecule is Oc1ccc2c(c1)-c1cc(I)ccc1C2. The first-order chi connectivity index (χ1) is 7.24. The largest absolute Gasteiger partial charge is 0.508 e. The number of phenols is 1. The van der Waals surface area contributed by atoms with Gasteiger partial charge in [0.25, 0.3) is 0 Å². The molecule has 0 saturated heterocycles. The van der Waals surface area contributed by atoms with Crippen LogP contribution in [0.15, 0.2) is 36.4 Å². The molecule has 1 aliphatic carbocycles. The maximum absolute atomic E-state index is 9.49. The predicted molar refractivity (Wildman–Crippen MR) is 69.1 cm³/mol. The van der Waals surface area contributed by atoms with E-state index in [2.05, 4.69) is 40.8 Å². The van der Waals surface area contributed by atoms with E-state index in [1.807, 2.05) is 12.1 Å². The van der Waals surface area contributed by atoms with Crippen molar-refractivity contribution in [3.8, 4) is 16.9 Å². The van der Waals surface area contributed by atoms with E-state index >= 15 is 0 Å². The lowest BCUT2D eigenvalue weighted by molar-refractivity contribution is 0.475. The van der Waals surface area contributed by atoms with Crippen LogP contribution in [0, 0.1) is 3.57 Å². The van der Waals surface area contributed by atoms with Gasteiger partial charge in [-0.15, -0.1) is 0 Å². The number of phenolic OH excluding ortho intramolecular Hbond substituents is 1. The first-order valence-electron chi connectivity index (χ1n) is 4.85. The summed E-state index contributed by atoms with van der Waals surface area (Å²) in [6.07, 6.45) is 0.988. The zero-order valence-electron chi connectivity index (χ0n) is 8.00. The Morgan fingerprint density at radius 3 is 2.40 bits per heavy atom. The summed E-state index contributed by atoms with van der Waals surface area (Å²) in [4.78, 5) is 0. The fraction of sp³-hybridized carbons (Fsp3) is 0.0769. The van der Waals surface area contributed by atoms with Gasteiger partial charge in [0, 0.05) is 3.57 Å². The third-order valence-electron chi connectivity index (χ3n) is 2.84. The van der Waals surface area contributed by atoms with Crippen molar-refractivity contribution in [1.82, 2.24) is 0 Å². The van der Waals surface area contributed by atoms with Gasteiger partial charge >= 0.3 is 0 Å². The number of hydrogen-bond donors (Lipinski definition) is 1. The summed E-state index contributed by atoms with van der Waals surface area (Å²) in [5.41, 5.74) is 5.12. The molecule has 0 unspecified atom stereocenters. The van der Waals surface area contributed by atoms with Crippen LogP contribution in [0.4, 0.5) is 0 Å². The molecular formula is C13H9IO. The molecular weight excluding hydrogens is 299 g/mol. The number of benzene rings is 2. The lowest BCUT2D eigenvalue weighted by atomic mass is 10.1. The first kappa shape index (κ1) is 9.21. The Labute approximate surface area is 102 Å². The molecule has 3 rings (SSSR count). The van der Waals surface area contributed by atoms with Crippen LogP contribution in [0.25, 0.3) is 11.1 Å². The monoisotopic (exact) mass is 308 g/mol. The molecule has 2 aromatic rings. The zero-order chi connectivity index (χ0) is 10.4. The van der Waals surface area contributed by atoms with Crippen molar-refractivity contribution in [2.45, 2.75) is 6.42 Å². The van der Waals surface area contributed by atoms with E-state index in [-0.39, 0.29) is 0 Å². The molecule has 0 saturated carbocycles. The minimum Gasteiger partial charge on any atom is -0.508 e. The Hall–Kier alpha value is -1.03. The van der Waals surface area contributed by atoms with Gasteiger partial charge in [-0.3, -0.25) is 0 Å². The number of halogens is 1. The molecule has 0 atom stereocenters. The van der Waals surface area contributed by atoms with Gasteiger partial charge in [-0.1, -0.05) is 12.1 Å². The van der Waals surface area contributed by atoms with Crippen molar-refractivity contribution in [1.29, 1.82) is 0 Å². The summed E-state index contributed by atoms with van der Waals surface area (Å²) >= 11 is 2.32. The highest BCUT2D eigenvalue weighted by atomic mass is 127. The van der Waals surface area contributed by atoms with Crippen molar-refractivity contribution >= 4 is 22.6 Å². The standard InChI is InChI=1S/C13H9IO/c14-10-3-1-8-5-9-2-4-11(15)7-13(9)12(8)6-10/h1-4,6-7,15H,5H2. The molecule has 1 aliphatic rings. The lowest BCUT2D eigenvalue weighted by Gasteiger charge is -2.01. The smallest absolute Gasteiger partial charge is 0.116 e. The average Bonchev–Trinajstić information content (AvgIpc) is 2.56. The molecule has 0 heterocycles. The van der Waals surface area contributed by atoms with Crippen molar-refractivity contribution in [2.24, 2.45) is 0 Å². The molecule has 0 aliphatic heterocycles. The summed E-state index contributed by atoms with van der Waals surface area (Å²) < 4.78 is 1.24. The Balaban J connectivity index is 2.28. The molecule has 2 heteroatoms. The second-order valence-corrected chi connectivity index (χ2v) is 5.07. The van der Waals surface area contributed by atoms with Gasteiger partial charge < -0.3 is 5.11 Å². The maximum atomic E-state index is 9.49. The molecule has 74 valence electrons. The third-order valence-corrected chi connectivity index (χ3v) is 3.51. The average molecular weight is 308 g/mol. The Kier molecular flexibility index (Phi) is 1.99. The van der Waals surface area contributed by atoms with E-state index in [1.54, 1.807) is 6.07 Å². The Morgan fingerprint density at radius 2 is 1.60 bits per heavy atom. The van der Waals surface area contributed by atoms with E-state index in [9.17, 15) is 5.11 Å². The highest BCUT2D eigenvalue weighted by molar-refractivity contribution is 14.1. The van der Waals surface area contributed by atoms with Gasteiger partial charge in [-0.2, -0.15) is 0 Å². The Morgan fingerprint density at radius 1 is 0.933 bits per heavy atom. The van der Waals surface area contributed by atoms with Gasteiger partial charge in [-0.25, -0.2) is 0 Å². The fourth-order valence-electron chi connectivity index (χ4n) is 2.13. The van der Waals surface area contributed by atoms with Crippen LogP contribution in [-0.4, -0.2) is 5.11 Å². The molecule has 0 fully saturated rings.